The summed E-state index contributed by atoms with van der Waals surface area (Å²) < 4.78 is 77.7. The number of piperazine rings is 1. The van der Waals surface area contributed by atoms with E-state index in [0.717, 1.165) is 17.2 Å². The molecule has 2 saturated heterocycles. The summed E-state index contributed by atoms with van der Waals surface area (Å²) in [6.07, 6.45) is -3.57. The van der Waals surface area contributed by atoms with Gasteiger partial charge in [-0.15, -0.1) is 0 Å². The second kappa shape index (κ2) is 17.9. The van der Waals surface area contributed by atoms with Crippen LogP contribution in [0.25, 0.3) is 0 Å². The van der Waals surface area contributed by atoms with Crippen LogP contribution in [-0.4, -0.2) is 99.7 Å². The minimum atomic E-state index is -4.96. The Balaban J connectivity index is 1.08. The first kappa shape index (κ1) is 46.4. The zero-order chi connectivity index (χ0) is 46.2. The summed E-state index contributed by atoms with van der Waals surface area (Å²) >= 11 is 5.56. The van der Waals surface area contributed by atoms with Crippen LogP contribution in [0.3, 0.4) is 0 Å². The summed E-state index contributed by atoms with van der Waals surface area (Å²) in [7, 11) is 0. The molecule has 1 unspecified atom stereocenters. The number of ketones is 2. The number of amides is 2. The number of rotatable bonds is 12. The molecule has 0 spiro atoms. The minimum Gasteiger partial charge on any atom is -0.492 e. The maximum atomic E-state index is 15.2. The number of thiocarbonyl (C=S) groups is 1. The number of nitriles is 2. The number of aromatic nitrogens is 1. The molecule has 14 nitrogen and oxygen atoms in total. The van der Waals surface area contributed by atoms with Gasteiger partial charge >= 0.3 is 6.18 Å². The van der Waals surface area contributed by atoms with Gasteiger partial charge in [-0.05, 0) is 88.8 Å². The molecule has 3 aliphatic rings. The summed E-state index contributed by atoms with van der Waals surface area (Å²) in [5.74, 6) is -4.96. The fourth-order valence-corrected chi connectivity index (χ4v) is 8.67. The number of nitrogens with zero attached hydrogens (tertiary/aromatic N) is 7. The molecule has 0 bridgehead atoms. The number of Topliss-reactive ketones (excluding diaryl/α,β-unsaturated/α-hetero) is 2. The van der Waals surface area contributed by atoms with E-state index in [9.17, 15) is 37.6 Å². The molecule has 2 N–H and O–H groups in total. The van der Waals surface area contributed by atoms with Gasteiger partial charge in [0.1, 0.15) is 29.7 Å². The summed E-state index contributed by atoms with van der Waals surface area (Å²) in [5, 5.41) is 24.4. The topological polar surface area (TPSA) is 175 Å². The molecule has 1 aliphatic carbocycles. The quantitative estimate of drug-likeness (QED) is 0.117. The zero-order valence-electron chi connectivity index (χ0n) is 35.0. The Morgan fingerprint density at radius 1 is 0.968 bits per heavy atom. The molecule has 6 rings (SSSR count). The van der Waals surface area contributed by atoms with Gasteiger partial charge in [-0.2, -0.15) is 23.7 Å². The Morgan fingerprint density at radius 3 is 2.25 bits per heavy atom. The van der Waals surface area contributed by atoms with Gasteiger partial charge in [0.25, 0.3) is 11.8 Å². The zero-order valence-corrected chi connectivity index (χ0v) is 35.8. The molecule has 2 amide bonds. The molecule has 3 atom stereocenters. The fraction of sp³-hybridized carbons (Fsp3) is 0.442. The average Bonchev–Trinajstić information content (AvgIpc) is 3.38. The molecular formula is C43H44F5N9O5S. The van der Waals surface area contributed by atoms with E-state index in [4.69, 9.17) is 22.2 Å². The van der Waals surface area contributed by atoms with Crippen LogP contribution in [0.15, 0.2) is 48.7 Å². The lowest BCUT2D eigenvalue weighted by atomic mass is 9.93. The van der Waals surface area contributed by atoms with E-state index in [-0.39, 0.29) is 83.4 Å². The van der Waals surface area contributed by atoms with E-state index in [1.165, 1.54) is 43.0 Å². The molecule has 1 saturated carbocycles. The smallest absolute Gasteiger partial charge is 0.419 e. The van der Waals surface area contributed by atoms with Crippen molar-refractivity contribution in [2.24, 2.45) is 0 Å². The van der Waals surface area contributed by atoms with Crippen LogP contribution in [-0.2, 0) is 31.3 Å². The van der Waals surface area contributed by atoms with Crippen LogP contribution in [0.5, 0.6) is 5.75 Å². The second-order valence-corrected chi connectivity index (χ2v) is 16.8. The van der Waals surface area contributed by atoms with Crippen LogP contribution in [0.1, 0.15) is 76.3 Å². The normalized spacial score (nSPS) is 21.0. The number of carbonyl (C=O) groups is 4. The van der Waals surface area contributed by atoms with Gasteiger partial charge in [0, 0.05) is 62.1 Å². The molecule has 3 aromatic rings. The molecule has 63 heavy (non-hydrogen) atoms. The Labute approximate surface area is 365 Å². The predicted molar refractivity (Wildman–Crippen MR) is 225 cm³/mol. The fourth-order valence-electron chi connectivity index (χ4n) is 8.15. The van der Waals surface area contributed by atoms with E-state index < -0.39 is 46.4 Å². The molecule has 3 fully saturated rings. The molecule has 1 aromatic heterocycles. The van der Waals surface area contributed by atoms with E-state index in [1.54, 1.807) is 12.1 Å². The molecular weight excluding hydrogens is 850 g/mol. The van der Waals surface area contributed by atoms with E-state index in [1.807, 2.05) is 18.7 Å². The van der Waals surface area contributed by atoms with Crippen LogP contribution < -0.4 is 25.2 Å². The second-order valence-electron chi connectivity index (χ2n) is 16.4. The Hall–Kier alpha value is -6.09. The maximum absolute atomic E-state index is 15.2. The van der Waals surface area contributed by atoms with Gasteiger partial charge in [-0.25, -0.2) is 13.8 Å². The first-order chi connectivity index (χ1) is 29.5. The highest BCUT2D eigenvalue weighted by molar-refractivity contribution is 7.81. The first-order valence-electron chi connectivity index (χ1n) is 20.0. The van der Waals surface area contributed by atoms with Crippen molar-refractivity contribution in [3.8, 4) is 17.9 Å². The Bertz CT molecular complexity index is 2420. The number of anilines is 4. The van der Waals surface area contributed by atoms with Crippen LogP contribution >= 0.6 is 12.2 Å². The molecule has 2 aliphatic heterocycles. The number of hydrogen-bond donors (Lipinski definition) is 2. The van der Waals surface area contributed by atoms with E-state index in [0.29, 0.717) is 50.4 Å². The van der Waals surface area contributed by atoms with Crippen molar-refractivity contribution in [1.29, 1.82) is 10.5 Å². The molecule has 2 aromatic carbocycles. The van der Waals surface area contributed by atoms with Crippen molar-refractivity contribution < 1.29 is 45.9 Å². The van der Waals surface area contributed by atoms with Crippen LogP contribution in [0.4, 0.5) is 44.7 Å². The molecule has 3 heterocycles. The molecule has 0 radical (unpaired) electrons. The molecule has 332 valence electrons. The van der Waals surface area contributed by atoms with Gasteiger partial charge in [-0.1, -0.05) is 0 Å². The molecule has 20 heteroatoms. The lowest BCUT2D eigenvalue weighted by Gasteiger charge is -2.44. The maximum Gasteiger partial charge on any atom is 0.419 e. The lowest BCUT2D eigenvalue weighted by molar-refractivity contribution is -0.138. The summed E-state index contributed by atoms with van der Waals surface area (Å²) in [6, 6.07) is 11.9. The number of nitrogens with one attached hydrogen (secondary N) is 2. The van der Waals surface area contributed by atoms with Crippen molar-refractivity contribution in [3.05, 3.63) is 71.0 Å². The highest BCUT2D eigenvalue weighted by Gasteiger charge is 2.51. The number of alkyl halides is 5. The first-order valence-corrected chi connectivity index (χ1v) is 20.4. The number of ether oxygens (including phenoxy) is 1. The highest BCUT2D eigenvalue weighted by Crippen LogP contribution is 2.43. The highest BCUT2D eigenvalue weighted by atomic mass is 32.1. The van der Waals surface area contributed by atoms with Crippen LogP contribution in [0.2, 0.25) is 0 Å². The standard InChI is InChI=1S/C43H44F5N9O5S/c1-24-21-54(22-25(2)55(24)23-38(60)53-28-13-26(18-49)12-27(14-28)52-34-8-7-31(58)17-36(34)59)10-11-62-37-9-6-29(15-33(37)42(5,44)45)57-40(63)56(39(61)41(57,3)4)30-16-32(43(46,47)48)35(19-50)51-20-30/h6,9,12-16,20,24-25,34,52H,7-8,10-11,17,21-23H2,1-5H3,(H,53,60)/t24-,25+,34?. The minimum absolute atomic E-state index is 0.0177. The third-order valence-corrected chi connectivity index (χ3v) is 11.6. The Kier molecular flexibility index (Phi) is 13.2. The third-order valence-electron chi connectivity index (χ3n) is 11.2. The summed E-state index contributed by atoms with van der Waals surface area (Å²) in [6.45, 7) is 8.95. The summed E-state index contributed by atoms with van der Waals surface area (Å²) in [4.78, 5) is 60.8. The monoisotopic (exact) mass is 893 g/mol. The van der Waals surface area contributed by atoms with Crippen molar-refractivity contribution in [2.75, 3.05) is 53.2 Å². The van der Waals surface area contributed by atoms with Gasteiger partial charge in [0.15, 0.2) is 16.6 Å². The van der Waals surface area contributed by atoms with Crippen molar-refractivity contribution in [3.63, 3.8) is 0 Å². The van der Waals surface area contributed by atoms with Crippen LogP contribution in [0, 0.1) is 22.7 Å². The van der Waals surface area contributed by atoms with Crippen molar-refractivity contribution in [1.82, 2.24) is 14.8 Å². The number of hydrogen-bond acceptors (Lipinski definition) is 12. The van der Waals surface area contributed by atoms with Gasteiger partial charge in [0.05, 0.1) is 53.7 Å². The number of carbonyl (C=O) groups excluding carboxylic acids is 4. The van der Waals surface area contributed by atoms with Gasteiger partial charge < -0.3 is 20.3 Å². The van der Waals surface area contributed by atoms with E-state index in [2.05, 4.69) is 26.6 Å². The Morgan fingerprint density at radius 2 is 1.63 bits per heavy atom. The van der Waals surface area contributed by atoms with Gasteiger partial charge in [0.2, 0.25) is 5.91 Å². The number of halogens is 5. The predicted octanol–water partition coefficient (Wildman–Crippen LogP) is 6.39. The summed E-state index contributed by atoms with van der Waals surface area (Å²) in [5.41, 5.74) is -3.47. The third kappa shape index (κ3) is 10.1. The average molecular weight is 894 g/mol. The lowest BCUT2D eigenvalue weighted by Crippen LogP contribution is -2.58. The van der Waals surface area contributed by atoms with Crippen molar-refractivity contribution >= 4 is 63.5 Å². The van der Waals surface area contributed by atoms with E-state index >= 15 is 8.78 Å². The van der Waals surface area contributed by atoms with Crippen molar-refractivity contribution in [2.45, 2.75) is 89.6 Å². The number of benzene rings is 2. The SMILES string of the molecule is C[C@@H]1CN(CCOc2ccc(N3C(=S)N(c4cnc(C#N)c(C(F)(F)F)c4)C(=O)C3(C)C)cc2C(C)(F)F)C[C@H](C)N1CC(=O)Nc1cc(C#N)cc(NC2CCC(=O)CC2=O)c1. The van der Waals surface area contributed by atoms with Gasteiger partial charge in [-0.3, -0.25) is 33.9 Å². The largest absolute Gasteiger partial charge is 0.492 e. The number of pyridine rings is 1.